The highest BCUT2D eigenvalue weighted by atomic mass is 16.1. The number of rotatable bonds is 3. The van der Waals surface area contributed by atoms with Crippen LogP contribution in [0.2, 0.25) is 0 Å². The molecule has 0 unspecified atom stereocenters. The fourth-order valence-corrected chi connectivity index (χ4v) is 0.717. The number of nitrogens with zero attached hydrogens (tertiary/aromatic N) is 2. The highest BCUT2D eigenvalue weighted by molar-refractivity contribution is 6.00. The molecule has 0 aromatic carbocycles. The van der Waals surface area contributed by atoms with Crippen LogP contribution in [0.5, 0.6) is 0 Å². The zero-order valence-corrected chi connectivity index (χ0v) is 7.96. The van der Waals surface area contributed by atoms with Gasteiger partial charge in [-0.25, -0.2) is 0 Å². The first-order chi connectivity index (χ1) is 5.49. The third-order valence-corrected chi connectivity index (χ3v) is 1.30. The maximum absolute atomic E-state index is 11.3. The highest BCUT2D eigenvalue weighted by Crippen LogP contribution is 2.04. The van der Waals surface area contributed by atoms with E-state index >= 15 is 0 Å². The second-order valence-electron chi connectivity index (χ2n) is 3.14. The maximum atomic E-state index is 11.3. The summed E-state index contributed by atoms with van der Waals surface area (Å²) < 4.78 is 0. The standard InChI is InChI=1S/C9H14N2O/c1-7(2)9(12)8(5-10)6-11(3)4/h6-7H,1-4H3/b8-6-. The van der Waals surface area contributed by atoms with E-state index in [1.807, 2.05) is 6.07 Å². The van der Waals surface area contributed by atoms with Crippen molar-refractivity contribution < 1.29 is 4.79 Å². The molecule has 0 heterocycles. The molecule has 0 amide bonds. The summed E-state index contributed by atoms with van der Waals surface area (Å²) in [5.74, 6) is -0.220. The van der Waals surface area contributed by atoms with E-state index in [0.717, 1.165) is 0 Å². The number of Topliss-reactive ketones (excluding diaryl/α,β-unsaturated/α-hetero) is 1. The van der Waals surface area contributed by atoms with Gasteiger partial charge in [0.2, 0.25) is 0 Å². The van der Waals surface area contributed by atoms with Gasteiger partial charge in [0, 0.05) is 26.2 Å². The Labute approximate surface area is 73.3 Å². The minimum Gasteiger partial charge on any atom is -0.382 e. The molecule has 12 heavy (non-hydrogen) atoms. The Balaban J connectivity index is 4.60. The number of carbonyl (C=O) groups is 1. The van der Waals surface area contributed by atoms with Gasteiger partial charge in [0.1, 0.15) is 11.6 Å². The fraction of sp³-hybridized carbons (Fsp3) is 0.556. The third kappa shape index (κ3) is 3.20. The van der Waals surface area contributed by atoms with E-state index in [9.17, 15) is 4.79 Å². The second kappa shape index (κ2) is 4.55. The van der Waals surface area contributed by atoms with Crippen molar-refractivity contribution in [2.24, 2.45) is 5.92 Å². The smallest absolute Gasteiger partial charge is 0.177 e. The normalized spacial score (nSPS) is 11.2. The molecule has 0 spiro atoms. The molecule has 0 rings (SSSR count). The van der Waals surface area contributed by atoms with Gasteiger partial charge in [-0.05, 0) is 0 Å². The number of hydrogen-bond acceptors (Lipinski definition) is 3. The van der Waals surface area contributed by atoms with E-state index in [1.165, 1.54) is 0 Å². The Morgan fingerprint density at radius 3 is 2.25 bits per heavy atom. The predicted molar refractivity (Wildman–Crippen MR) is 47.2 cm³/mol. The Morgan fingerprint density at radius 2 is 2.00 bits per heavy atom. The zero-order valence-electron chi connectivity index (χ0n) is 7.96. The quantitative estimate of drug-likeness (QED) is 0.467. The molecule has 0 N–H and O–H groups in total. The largest absolute Gasteiger partial charge is 0.382 e. The summed E-state index contributed by atoms with van der Waals surface area (Å²) >= 11 is 0. The Morgan fingerprint density at radius 1 is 1.50 bits per heavy atom. The molecule has 0 aliphatic carbocycles. The monoisotopic (exact) mass is 166 g/mol. The number of hydrogen-bond donors (Lipinski definition) is 0. The van der Waals surface area contributed by atoms with Crippen molar-refractivity contribution in [3.63, 3.8) is 0 Å². The van der Waals surface area contributed by atoms with Crippen molar-refractivity contribution in [3.8, 4) is 6.07 Å². The van der Waals surface area contributed by atoms with Gasteiger partial charge < -0.3 is 4.90 Å². The first-order valence-corrected chi connectivity index (χ1v) is 3.81. The molecule has 0 aliphatic rings. The highest BCUT2D eigenvalue weighted by Gasteiger charge is 2.12. The lowest BCUT2D eigenvalue weighted by Gasteiger charge is -2.07. The van der Waals surface area contributed by atoms with E-state index < -0.39 is 0 Å². The summed E-state index contributed by atoms with van der Waals surface area (Å²) in [6.07, 6.45) is 1.54. The molecule has 0 saturated carbocycles. The fourth-order valence-electron chi connectivity index (χ4n) is 0.717. The van der Waals surface area contributed by atoms with Gasteiger partial charge in [-0.15, -0.1) is 0 Å². The van der Waals surface area contributed by atoms with Gasteiger partial charge in [0.05, 0.1) is 0 Å². The van der Waals surface area contributed by atoms with Crippen LogP contribution >= 0.6 is 0 Å². The van der Waals surface area contributed by atoms with Gasteiger partial charge in [-0.3, -0.25) is 4.79 Å². The van der Waals surface area contributed by atoms with Crippen LogP contribution in [0.4, 0.5) is 0 Å². The zero-order chi connectivity index (χ0) is 9.72. The van der Waals surface area contributed by atoms with Gasteiger partial charge >= 0.3 is 0 Å². The van der Waals surface area contributed by atoms with Crippen molar-refractivity contribution >= 4 is 5.78 Å². The minimum absolute atomic E-state index is 0.105. The van der Waals surface area contributed by atoms with Crippen LogP contribution in [0.15, 0.2) is 11.8 Å². The second-order valence-corrected chi connectivity index (χ2v) is 3.14. The van der Waals surface area contributed by atoms with Crippen LogP contribution < -0.4 is 0 Å². The molecule has 0 bridgehead atoms. The van der Waals surface area contributed by atoms with Crippen LogP contribution in [0.25, 0.3) is 0 Å². The van der Waals surface area contributed by atoms with Crippen molar-refractivity contribution in [2.75, 3.05) is 14.1 Å². The van der Waals surface area contributed by atoms with Crippen molar-refractivity contribution in [1.29, 1.82) is 5.26 Å². The summed E-state index contributed by atoms with van der Waals surface area (Å²) in [5.41, 5.74) is 0.218. The molecule has 0 radical (unpaired) electrons. The Hall–Kier alpha value is -1.30. The van der Waals surface area contributed by atoms with Gasteiger partial charge in [-0.2, -0.15) is 5.26 Å². The number of nitriles is 1. The summed E-state index contributed by atoms with van der Waals surface area (Å²) in [6, 6.07) is 1.88. The first kappa shape index (κ1) is 10.7. The SMILES string of the molecule is CC(C)C(=O)/C(C#N)=C\N(C)C. The van der Waals surface area contributed by atoms with Gasteiger partial charge in [-0.1, -0.05) is 13.8 Å². The van der Waals surface area contributed by atoms with Crippen molar-refractivity contribution in [1.82, 2.24) is 4.90 Å². The van der Waals surface area contributed by atoms with E-state index in [2.05, 4.69) is 0 Å². The van der Waals surface area contributed by atoms with E-state index in [4.69, 9.17) is 5.26 Å². The van der Waals surface area contributed by atoms with E-state index in [-0.39, 0.29) is 17.3 Å². The molecule has 0 aromatic heterocycles. The number of ketones is 1. The number of allylic oxidation sites excluding steroid dienone is 1. The van der Waals surface area contributed by atoms with Gasteiger partial charge in [0.25, 0.3) is 0 Å². The predicted octanol–water partition coefficient (Wildman–Crippen LogP) is 1.18. The van der Waals surface area contributed by atoms with Crippen molar-refractivity contribution in [2.45, 2.75) is 13.8 Å². The summed E-state index contributed by atoms with van der Waals surface area (Å²) in [7, 11) is 3.57. The maximum Gasteiger partial charge on any atom is 0.177 e. The van der Waals surface area contributed by atoms with E-state index in [0.29, 0.717) is 0 Å². The Bertz CT molecular complexity index is 233. The van der Waals surface area contributed by atoms with Crippen LogP contribution in [0.3, 0.4) is 0 Å². The van der Waals surface area contributed by atoms with Crippen LogP contribution in [-0.2, 0) is 4.79 Å². The lowest BCUT2D eigenvalue weighted by Crippen LogP contribution is -2.12. The minimum atomic E-state index is -0.115. The molecule has 0 atom stereocenters. The Kier molecular flexibility index (Phi) is 4.06. The molecule has 0 fully saturated rings. The molecule has 3 nitrogen and oxygen atoms in total. The summed E-state index contributed by atoms with van der Waals surface area (Å²) in [5, 5.41) is 8.63. The van der Waals surface area contributed by atoms with Gasteiger partial charge in [0.15, 0.2) is 5.78 Å². The topological polar surface area (TPSA) is 44.1 Å². The molecular formula is C9H14N2O. The lowest BCUT2D eigenvalue weighted by atomic mass is 10.0. The van der Waals surface area contributed by atoms with Crippen LogP contribution in [0, 0.1) is 17.2 Å². The van der Waals surface area contributed by atoms with E-state index in [1.54, 1.807) is 39.0 Å². The average molecular weight is 166 g/mol. The molecule has 66 valence electrons. The third-order valence-electron chi connectivity index (χ3n) is 1.30. The first-order valence-electron chi connectivity index (χ1n) is 3.81. The molecule has 0 saturated heterocycles. The summed E-state index contributed by atoms with van der Waals surface area (Å²) in [6.45, 7) is 3.56. The molecular weight excluding hydrogens is 152 g/mol. The molecule has 0 aliphatic heterocycles. The van der Waals surface area contributed by atoms with Crippen LogP contribution in [0.1, 0.15) is 13.8 Å². The number of carbonyl (C=O) groups excluding carboxylic acids is 1. The lowest BCUT2D eigenvalue weighted by molar-refractivity contribution is -0.117. The van der Waals surface area contributed by atoms with Crippen LogP contribution in [-0.4, -0.2) is 24.8 Å². The molecule has 0 aromatic rings. The van der Waals surface area contributed by atoms with Crippen molar-refractivity contribution in [3.05, 3.63) is 11.8 Å². The summed E-state index contributed by atoms with van der Waals surface area (Å²) in [4.78, 5) is 13.0. The average Bonchev–Trinajstić information content (AvgIpc) is 1.98. The molecule has 3 heteroatoms.